The molecule has 0 aliphatic carbocycles. The second kappa shape index (κ2) is 10.3. The minimum Gasteiger partial charge on any atom is -0.477 e. The van der Waals surface area contributed by atoms with Gasteiger partial charge >= 0.3 is 5.97 Å². The fourth-order valence-electron chi connectivity index (χ4n) is 3.99. The van der Waals surface area contributed by atoms with Crippen LogP contribution in [0.2, 0.25) is 0 Å². The van der Waals surface area contributed by atoms with Gasteiger partial charge in [-0.3, -0.25) is 19.3 Å². The van der Waals surface area contributed by atoms with Crippen LogP contribution in [0.15, 0.2) is 86.5 Å². The number of pyridine rings is 1. The lowest BCUT2D eigenvalue weighted by molar-refractivity contribution is -0.150. The molecule has 2 amide bonds. The first kappa shape index (κ1) is 24.3. The molecule has 182 valence electrons. The van der Waals surface area contributed by atoms with Crippen LogP contribution < -0.4 is 10.7 Å². The summed E-state index contributed by atoms with van der Waals surface area (Å²) in [4.78, 5) is 55.7. The summed E-state index contributed by atoms with van der Waals surface area (Å²) in [5.41, 5.74) is 1.12. The third-order valence-electron chi connectivity index (χ3n) is 5.66. The van der Waals surface area contributed by atoms with E-state index in [9.17, 15) is 24.3 Å². The molecule has 2 aromatic heterocycles. The number of benzene rings is 1. The van der Waals surface area contributed by atoms with Crippen molar-refractivity contribution in [3.63, 3.8) is 0 Å². The van der Waals surface area contributed by atoms with E-state index in [2.05, 4.69) is 10.3 Å². The van der Waals surface area contributed by atoms with Gasteiger partial charge in [-0.15, -0.1) is 23.1 Å². The first-order chi connectivity index (χ1) is 17.4. The number of carbonyl (C=O) groups excluding carboxylic acids is 2. The number of fused-ring (bicyclic) bond motifs is 2. The maximum atomic E-state index is 12.8. The number of hydrogen-bond donors (Lipinski definition) is 2. The normalized spacial score (nSPS) is 19.3. The quantitative estimate of drug-likeness (QED) is 0.349. The van der Waals surface area contributed by atoms with Gasteiger partial charge in [-0.25, -0.2) is 9.78 Å². The number of amides is 2. The minimum absolute atomic E-state index is 0.0810. The number of thioether (sulfide) groups is 2. The van der Waals surface area contributed by atoms with Gasteiger partial charge in [0.15, 0.2) is 5.43 Å². The number of nitrogens with zero attached hydrogens (tertiary/aromatic N) is 2. The highest BCUT2D eigenvalue weighted by atomic mass is 32.2. The molecular formula is C25H19N3O5S3. The van der Waals surface area contributed by atoms with Crippen molar-refractivity contribution < 1.29 is 19.5 Å². The molecule has 2 N–H and O–H groups in total. The highest BCUT2D eigenvalue weighted by molar-refractivity contribution is 8.04. The number of carboxylic acid groups (broad SMARTS) is 1. The van der Waals surface area contributed by atoms with E-state index >= 15 is 0 Å². The van der Waals surface area contributed by atoms with E-state index in [1.807, 2.05) is 30.3 Å². The zero-order valence-corrected chi connectivity index (χ0v) is 21.1. The van der Waals surface area contributed by atoms with Gasteiger partial charge in [-0.05, 0) is 34.8 Å². The Hall–Kier alpha value is -3.41. The number of aromatic nitrogens is 1. The summed E-state index contributed by atoms with van der Waals surface area (Å²) >= 11 is 4.06. The molecule has 11 heteroatoms. The van der Waals surface area contributed by atoms with Crippen molar-refractivity contribution in [1.82, 2.24) is 15.2 Å². The average Bonchev–Trinajstić information content (AvgIpc) is 2.87. The Kier molecular flexibility index (Phi) is 6.95. The Morgan fingerprint density at radius 3 is 2.78 bits per heavy atom. The van der Waals surface area contributed by atoms with Crippen LogP contribution in [0.3, 0.4) is 0 Å². The Labute approximate surface area is 218 Å². The van der Waals surface area contributed by atoms with Crippen LogP contribution in [0.1, 0.15) is 5.56 Å². The summed E-state index contributed by atoms with van der Waals surface area (Å²) in [5, 5.41) is 14.4. The Bertz CT molecular complexity index is 1490. The molecule has 1 saturated heterocycles. The highest BCUT2D eigenvalue weighted by Crippen LogP contribution is 2.41. The van der Waals surface area contributed by atoms with Crippen molar-refractivity contribution >= 4 is 62.9 Å². The third-order valence-corrected chi connectivity index (χ3v) is 8.96. The van der Waals surface area contributed by atoms with E-state index in [1.54, 1.807) is 29.8 Å². The number of aliphatic carboxylic acids is 1. The zero-order chi connectivity index (χ0) is 25.2. The fourth-order valence-corrected chi connectivity index (χ4v) is 7.19. The smallest absolute Gasteiger partial charge is 0.352 e. The molecule has 2 aliphatic heterocycles. The molecule has 36 heavy (non-hydrogen) atoms. The molecule has 1 aromatic carbocycles. The maximum absolute atomic E-state index is 12.8. The second-order valence-corrected chi connectivity index (χ2v) is 11.3. The number of nitrogens with one attached hydrogen (secondary N) is 1. The summed E-state index contributed by atoms with van der Waals surface area (Å²) in [6, 6.07) is 13.4. The number of carboxylic acids is 1. The van der Waals surface area contributed by atoms with Crippen LogP contribution in [-0.4, -0.2) is 49.9 Å². The molecule has 3 aromatic rings. The number of hydrogen-bond acceptors (Lipinski definition) is 8. The maximum Gasteiger partial charge on any atom is 0.352 e. The van der Waals surface area contributed by atoms with Crippen LogP contribution in [0.4, 0.5) is 0 Å². The molecule has 0 bridgehead atoms. The van der Waals surface area contributed by atoms with Crippen LogP contribution >= 0.6 is 34.9 Å². The zero-order valence-electron chi connectivity index (χ0n) is 18.6. The molecule has 1 unspecified atom stereocenters. The lowest BCUT2D eigenvalue weighted by atomic mass is 10.0. The van der Waals surface area contributed by atoms with E-state index < -0.39 is 23.3 Å². The number of allylic oxidation sites excluding steroid dienone is 1. The van der Waals surface area contributed by atoms with Crippen molar-refractivity contribution in [1.29, 1.82) is 0 Å². The SMILES string of the molecule is O=C(Cc1ccccc1)NC1C(=O)N2C(C(=O)O)=C(C=CSc3cc(=O)c4cccnc4s3)CS[C@@H]12. The van der Waals surface area contributed by atoms with Crippen molar-refractivity contribution in [3.8, 4) is 0 Å². The monoisotopic (exact) mass is 537 g/mol. The van der Waals surface area contributed by atoms with Crippen molar-refractivity contribution in [2.24, 2.45) is 0 Å². The standard InChI is InChI=1S/C25H19N3O5S3/c29-17-12-19(36-22-16(17)7-4-9-26-22)34-10-8-15-13-35-24-20(23(31)28(24)21(15)25(32)33)27-18(30)11-14-5-2-1-3-6-14/h1-10,12,20,24H,11,13H2,(H,27,30)(H,32,33)/t20?,24-/m0/s1. The minimum atomic E-state index is -1.20. The molecule has 1 fully saturated rings. The van der Waals surface area contributed by atoms with Gasteiger partial charge in [0.2, 0.25) is 5.91 Å². The van der Waals surface area contributed by atoms with E-state index in [1.165, 1.54) is 45.8 Å². The third kappa shape index (κ3) is 4.81. The van der Waals surface area contributed by atoms with Gasteiger partial charge in [-0.1, -0.05) is 42.1 Å². The van der Waals surface area contributed by atoms with Gasteiger partial charge in [0.25, 0.3) is 5.91 Å². The summed E-state index contributed by atoms with van der Waals surface area (Å²) in [6.45, 7) is 0. The van der Waals surface area contributed by atoms with Crippen molar-refractivity contribution in [2.75, 3.05) is 5.75 Å². The van der Waals surface area contributed by atoms with Gasteiger partial charge in [0.1, 0.15) is 21.9 Å². The van der Waals surface area contributed by atoms with E-state index in [0.29, 0.717) is 21.5 Å². The van der Waals surface area contributed by atoms with Crippen molar-refractivity contribution in [3.05, 3.63) is 93.3 Å². The van der Waals surface area contributed by atoms with E-state index in [-0.39, 0.29) is 23.5 Å². The van der Waals surface area contributed by atoms with E-state index in [0.717, 1.165) is 9.77 Å². The number of carbonyl (C=O) groups is 3. The molecular weight excluding hydrogens is 518 g/mol. The summed E-state index contributed by atoms with van der Waals surface area (Å²) in [7, 11) is 0. The largest absolute Gasteiger partial charge is 0.477 e. The van der Waals surface area contributed by atoms with Crippen LogP contribution in [0.5, 0.6) is 0 Å². The number of rotatable bonds is 7. The van der Waals surface area contributed by atoms with E-state index in [4.69, 9.17) is 0 Å². The number of β-lactam (4-membered cyclic amide) rings is 1. The van der Waals surface area contributed by atoms with Gasteiger partial charge in [0, 0.05) is 18.0 Å². The molecule has 2 atom stereocenters. The lowest BCUT2D eigenvalue weighted by Crippen LogP contribution is -2.70. The lowest BCUT2D eigenvalue weighted by Gasteiger charge is -2.49. The Morgan fingerprint density at radius 1 is 1.19 bits per heavy atom. The Balaban J connectivity index is 1.29. The molecule has 4 heterocycles. The van der Waals surface area contributed by atoms with Crippen molar-refractivity contribution in [2.45, 2.75) is 22.0 Å². The average molecular weight is 538 g/mol. The summed E-state index contributed by atoms with van der Waals surface area (Å²) in [5.74, 6) is -1.56. The first-order valence-electron chi connectivity index (χ1n) is 10.9. The van der Waals surface area contributed by atoms with Crippen LogP contribution in [-0.2, 0) is 20.8 Å². The topological polar surface area (TPSA) is 117 Å². The van der Waals surface area contributed by atoms with Crippen LogP contribution in [0.25, 0.3) is 10.2 Å². The highest BCUT2D eigenvalue weighted by Gasteiger charge is 2.53. The molecule has 2 aliphatic rings. The summed E-state index contributed by atoms with van der Waals surface area (Å²) < 4.78 is 0.725. The fraction of sp³-hybridized carbons (Fsp3) is 0.160. The van der Waals surface area contributed by atoms with Gasteiger partial charge in [0.05, 0.1) is 16.0 Å². The molecule has 0 saturated carbocycles. The van der Waals surface area contributed by atoms with Crippen LogP contribution in [0, 0.1) is 0 Å². The second-order valence-electron chi connectivity index (χ2n) is 8.00. The molecule has 0 spiro atoms. The molecule has 0 radical (unpaired) electrons. The van der Waals surface area contributed by atoms with Gasteiger partial charge < -0.3 is 10.4 Å². The Morgan fingerprint density at radius 2 is 2.00 bits per heavy atom. The predicted molar refractivity (Wildman–Crippen MR) is 141 cm³/mol. The molecule has 5 rings (SSSR count). The predicted octanol–water partition coefficient (Wildman–Crippen LogP) is 3.24. The molecule has 8 nitrogen and oxygen atoms in total. The first-order valence-corrected chi connectivity index (χ1v) is 13.6. The van der Waals surface area contributed by atoms with Gasteiger partial charge in [-0.2, -0.15) is 0 Å². The summed E-state index contributed by atoms with van der Waals surface area (Å²) in [6.07, 6.45) is 3.43.